The van der Waals surface area contributed by atoms with Gasteiger partial charge in [0.1, 0.15) is 5.69 Å². The van der Waals surface area contributed by atoms with Crippen LogP contribution < -0.4 is 10.5 Å². The maximum Gasteiger partial charge on any atom is 0.276 e. The molecule has 15 heavy (non-hydrogen) atoms. The van der Waals surface area contributed by atoms with E-state index in [1.54, 1.807) is 11.9 Å². The summed E-state index contributed by atoms with van der Waals surface area (Å²) in [7, 11) is 5.40. The zero-order valence-corrected chi connectivity index (χ0v) is 9.98. The normalized spacial score (nSPS) is 12.6. The Kier molecular flexibility index (Phi) is 3.44. The van der Waals surface area contributed by atoms with E-state index in [9.17, 15) is 4.79 Å². The van der Waals surface area contributed by atoms with Crippen LogP contribution in [0.5, 0.6) is 0 Å². The number of aromatic nitrogens is 3. The molecule has 5 heteroatoms. The van der Waals surface area contributed by atoms with Crippen molar-refractivity contribution in [3.63, 3.8) is 0 Å². The third-order valence-electron chi connectivity index (χ3n) is 2.55. The van der Waals surface area contributed by atoms with Crippen LogP contribution in [0.2, 0.25) is 0 Å². The zero-order valence-electron chi connectivity index (χ0n) is 9.98. The molecular weight excluding hydrogens is 192 g/mol. The van der Waals surface area contributed by atoms with E-state index in [-0.39, 0.29) is 11.5 Å². The van der Waals surface area contributed by atoms with Gasteiger partial charge in [-0.05, 0) is 6.42 Å². The highest BCUT2D eigenvalue weighted by molar-refractivity contribution is 5.26. The third kappa shape index (κ3) is 2.16. The van der Waals surface area contributed by atoms with Crippen molar-refractivity contribution in [1.29, 1.82) is 0 Å². The van der Waals surface area contributed by atoms with E-state index in [4.69, 9.17) is 0 Å². The van der Waals surface area contributed by atoms with Crippen LogP contribution in [0.3, 0.4) is 0 Å². The monoisotopic (exact) mass is 210 g/mol. The molecule has 0 fully saturated rings. The molecule has 0 spiro atoms. The predicted molar refractivity (Wildman–Crippen MR) is 60.3 cm³/mol. The molecule has 0 aliphatic rings. The van der Waals surface area contributed by atoms with Crippen molar-refractivity contribution in [3.05, 3.63) is 16.0 Å². The van der Waals surface area contributed by atoms with Crippen LogP contribution in [0.15, 0.2) is 4.79 Å². The van der Waals surface area contributed by atoms with Crippen LogP contribution >= 0.6 is 0 Å². The Balaban J connectivity index is 3.28. The molecule has 0 aliphatic carbocycles. The van der Waals surface area contributed by atoms with Gasteiger partial charge in [-0.25, -0.2) is 0 Å². The Morgan fingerprint density at radius 3 is 2.47 bits per heavy atom. The number of anilines is 1. The number of nitrogens with zero attached hydrogens (tertiary/aromatic N) is 4. The summed E-state index contributed by atoms with van der Waals surface area (Å²) < 4.78 is 1.54. The highest BCUT2D eigenvalue weighted by Gasteiger charge is 2.14. The predicted octanol–water partition coefficient (Wildman–Crippen LogP) is 0.755. The molecule has 1 aromatic heterocycles. The lowest BCUT2D eigenvalue weighted by Gasteiger charge is -2.15. The summed E-state index contributed by atoms with van der Waals surface area (Å²) in [5.74, 6) is 0.736. The molecule has 1 aromatic rings. The molecule has 0 saturated heterocycles. The van der Waals surface area contributed by atoms with E-state index in [0.29, 0.717) is 11.6 Å². The molecule has 1 rings (SSSR count). The van der Waals surface area contributed by atoms with Gasteiger partial charge in [0, 0.05) is 27.1 Å². The first-order valence-electron chi connectivity index (χ1n) is 5.10. The average Bonchev–Trinajstić information content (AvgIpc) is 2.20. The van der Waals surface area contributed by atoms with Crippen molar-refractivity contribution >= 4 is 5.95 Å². The number of hydrogen-bond acceptors (Lipinski definition) is 4. The molecule has 0 radical (unpaired) electrons. The molecular formula is C10H18N4O. The zero-order chi connectivity index (χ0) is 11.6. The molecule has 1 atom stereocenters. The maximum absolute atomic E-state index is 11.9. The topological polar surface area (TPSA) is 51.0 Å². The second-order valence-corrected chi connectivity index (χ2v) is 3.95. The lowest BCUT2D eigenvalue weighted by atomic mass is 10.1. The van der Waals surface area contributed by atoms with Gasteiger partial charge in [-0.3, -0.25) is 9.36 Å². The smallest absolute Gasteiger partial charge is 0.276 e. The van der Waals surface area contributed by atoms with Gasteiger partial charge in [0.15, 0.2) is 0 Å². The van der Waals surface area contributed by atoms with Crippen molar-refractivity contribution in [3.8, 4) is 0 Å². The lowest BCUT2D eigenvalue weighted by Crippen LogP contribution is -2.30. The van der Waals surface area contributed by atoms with Gasteiger partial charge in [-0.1, -0.05) is 13.8 Å². The highest BCUT2D eigenvalue weighted by atomic mass is 16.1. The van der Waals surface area contributed by atoms with E-state index >= 15 is 0 Å². The van der Waals surface area contributed by atoms with Gasteiger partial charge >= 0.3 is 0 Å². The highest BCUT2D eigenvalue weighted by Crippen LogP contribution is 2.12. The van der Waals surface area contributed by atoms with Crippen molar-refractivity contribution in [2.75, 3.05) is 19.0 Å². The van der Waals surface area contributed by atoms with E-state index in [2.05, 4.69) is 10.2 Å². The first-order valence-corrected chi connectivity index (χ1v) is 5.10. The molecule has 84 valence electrons. The largest absolute Gasteiger partial charge is 0.347 e. The SMILES string of the molecule is CCC(C)c1nnc(N(C)C)n(C)c1=O. The molecule has 1 heterocycles. The Morgan fingerprint density at radius 2 is 2.00 bits per heavy atom. The van der Waals surface area contributed by atoms with Crippen molar-refractivity contribution in [2.45, 2.75) is 26.2 Å². The van der Waals surface area contributed by atoms with Crippen LogP contribution in [0, 0.1) is 0 Å². The number of hydrogen-bond donors (Lipinski definition) is 0. The fourth-order valence-corrected chi connectivity index (χ4v) is 1.36. The van der Waals surface area contributed by atoms with Crippen molar-refractivity contribution < 1.29 is 0 Å². The standard InChI is InChI=1S/C10H18N4O/c1-6-7(2)8-9(15)14(5)10(12-11-8)13(3)4/h7H,6H2,1-5H3. The summed E-state index contributed by atoms with van der Waals surface area (Å²) >= 11 is 0. The fourth-order valence-electron chi connectivity index (χ4n) is 1.36. The third-order valence-corrected chi connectivity index (χ3v) is 2.55. The van der Waals surface area contributed by atoms with E-state index in [1.807, 2.05) is 27.9 Å². The van der Waals surface area contributed by atoms with Crippen LogP contribution in [0.4, 0.5) is 5.95 Å². The average molecular weight is 210 g/mol. The van der Waals surface area contributed by atoms with E-state index < -0.39 is 0 Å². The second kappa shape index (κ2) is 4.42. The van der Waals surface area contributed by atoms with Crippen LogP contribution in [-0.2, 0) is 7.05 Å². The van der Waals surface area contributed by atoms with Gasteiger partial charge in [-0.2, -0.15) is 0 Å². The van der Waals surface area contributed by atoms with Gasteiger partial charge in [0.25, 0.3) is 5.56 Å². The molecule has 1 unspecified atom stereocenters. The summed E-state index contributed by atoms with van der Waals surface area (Å²) in [6.07, 6.45) is 0.894. The molecule has 0 aliphatic heterocycles. The molecule has 5 nitrogen and oxygen atoms in total. The van der Waals surface area contributed by atoms with Gasteiger partial charge in [0.2, 0.25) is 5.95 Å². The molecule has 0 saturated carbocycles. The summed E-state index contributed by atoms with van der Waals surface area (Å²) in [6, 6.07) is 0. The molecule has 0 N–H and O–H groups in total. The van der Waals surface area contributed by atoms with Gasteiger partial charge < -0.3 is 4.90 Å². The summed E-state index contributed by atoms with van der Waals surface area (Å²) in [4.78, 5) is 13.7. The Hall–Kier alpha value is -1.39. The lowest BCUT2D eigenvalue weighted by molar-refractivity contribution is 0.637. The maximum atomic E-state index is 11.9. The van der Waals surface area contributed by atoms with Crippen molar-refractivity contribution in [1.82, 2.24) is 14.8 Å². The van der Waals surface area contributed by atoms with E-state index in [0.717, 1.165) is 6.42 Å². The van der Waals surface area contributed by atoms with Crippen LogP contribution in [0.1, 0.15) is 31.9 Å². The number of rotatable bonds is 3. The first-order chi connectivity index (χ1) is 6.99. The molecule has 0 amide bonds. The minimum absolute atomic E-state index is 0.0527. The van der Waals surface area contributed by atoms with E-state index in [1.165, 1.54) is 4.57 Å². The minimum atomic E-state index is -0.0527. The summed E-state index contributed by atoms with van der Waals surface area (Å²) in [5, 5.41) is 8.05. The van der Waals surface area contributed by atoms with Crippen LogP contribution in [-0.4, -0.2) is 28.9 Å². The minimum Gasteiger partial charge on any atom is -0.347 e. The first kappa shape index (κ1) is 11.7. The van der Waals surface area contributed by atoms with Gasteiger partial charge in [-0.15, -0.1) is 10.2 Å². The Bertz CT molecular complexity index is 397. The molecule has 0 aromatic carbocycles. The summed E-state index contributed by atoms with van der Waals surface area (Å²) in [5.41, 5.74) is 0.494. The summed E-state index contributed by atoms with van der Waals surface area (Å²) in [6.45, 7) is 4.02. The fraction of sp³-hybridized carbons (Fsp3) is 0.700. The van der Waals surface area contributed by atoms with Crippen molar-refractivity contribution in [2.24, 2.45) is 7.05 Å². The van der Waals surface area contributed by atoms with Gasteiger partial charge in [0.05, 0.1) is 0 Å². The van der Waals surface area contributed by atoms with Crippen LogP contribution in [0.25, 0.3) is 0 Å². The Labute approximate surface area is 89.7 Å². The second-order valence-electron chi connectivity index (χ2n) is 3.95. The molecule has 0 bridgehead atoms. The quantitative estimate of drug-likeness (QED) is 0.739. The Morgan fingerprint density at radius 1 is 1.40 bits per heavy atom.